The van der Waals surface area contributed by atoms with Gasteiger partial charge in [0, 0.05) is 49.4 Å². The molecule has 8 heteroatoms. The third-order valence-corrected chi connectivity index (χ3v) is 11.8. The summed E-state index contributed by atoms with van der Waals surface area (Å²) >= 11 is 0. The lowest BCUT2D eigenvalue weighted by atomic mass is 9.45. The highest BCUT2D eigenvalue weighted by Gasteiger charge is 2.57. The summed E-state index contributed by atoms with van der Waals surface area (Å²) in [7, 11) is 5.85. The van der Waals surface area contributed by atoms with E-state index in [-0.39, 0.29) is 18.5 Å². The summed E-state index contributed by atoms with van der Waals surface area (Å²) in [5.41, 5.74) is 12.0. The van der Waals surface area contributed by atoms with Crippen molar-refractivity contribution in [2.24, 2.45) is 40.7 Å². The standard InChI is InChI=1S/C39H60N4O4/c1-23(2)12-10-13-26-16-28(18-30(17-26)42(7)8)31-15-11-14-27(37(31)46-9)22-43-36(35(25(4)44)34(21-40)47-43)38(45)41-33-20-29-19-32(24(33)3)39(29,5)6/h11,14-18,23-25,29,32-36,44H,10,12-13,19-22,40H2,1-9H3,(H,41,45)/t24-,25-,29-,32-,33-,34-,35+,36-/m0/s1. The molecule has 1 saturated heterocycles. The summed E-state index contributed by atoms with van der Waals surface area (Å²) in [6, 6.07) is 12.4. The summed E-state index contributed by atoms with van der Waals surface area (Å²) in [4.78, 5) is 22.8. The van der Waals surface area contributed by atoms with E-state index >= 15 is 0 Å². The molecule has 3 saturated carbocycles. The van der Waals surface area contributed by atoms with Crippen LogP contribution >= 0.6 is 0 Å². The minimum Gasteiger partial charge on any atom is -0.496 e. The lowest BCUT2D eigenvalue weighted by Crippen LogP contribution is -2.62. The fourth-order valence-electron chi connectivity index (χ4n) is 8.82. The van der Waals surface area contributed by atoms with Gasteiger partial charge in [-0.1, -0.05) is 65.3 Å². The maximum atomic E-state index is 14.2. The predicted octanol–water partition coefficient (Wildman–Crippen LogP) is 6.03. The van der Waals surface area contributed by atoms with E-state index in [4.69, 9.17) is 15.3 Å². The number of para-hydroxylation sites is 1. The first-order valence-corrected chi connectivity index (χ1v) is 17.9. The SMILES string of the molecule is COc1c(CN2O[C@@H](CN)[C@@H]([C@H](C)O)[C@H]2C(=O)N[C@H]2C[C@@H]3C[C@@H]([C@@H]2C)C3(C)C)cccc1-c1cc(CCCC(C)C)cc(N(C)C)c1. The van der Waals surface area contributed by atoms with Gasteiger partial charge in [-0.05, 0) is 85.0 Å². The maximum absolute atomic E-state index is 14.2. The zero-order valence-corrected chi connectivity index (χ0v) is 30.3. The van der Waals surface area contributed by atoms with Crippen molar-refractivity contribution in [3.8, 4) is 16.9 Å². The first-order chi connectivity index (χ1) is 22.3. The molecule has 0 spiro atoms. The topological polar surface area (TPSA) is 100 Å². The van der Waals surface area contributed by atoms with Crippen molar-refractivity contribution >= 4 is 11.6 Å². The Morgan fingerprint density at radius 2 is 1.94 bits per heavy atom. The van der Waals surface area contributed by atoms with Crippen molar-refractivity contribution in [2.45, 2.75) is 104 Å². The van der Waals surface area contributed by atoms with Gasteiger partial charge in [-0.25, -0.2) is 0 Å². The van der Waals surface area contributed by atoms with Crippen LogP contribution < -0.4 is 20.7 Å². The molecule has 2 aromatic rings. The van der Waals surface area contributed by atoms with Crippen LogP contribution in [0.5, 0.6) is 5.75 Å². The van der Waals surface area contributed by atoms with Gasteiger partial charge in [0.15, 0.2) is 0 Å². The van der Waals surface area contributed by atoms with Crippen LogP contribution in [-0.2, 0) is 22.6 Å². The number of hydrogen-bond donors (Lipinski definition) is 3. The number of amides is 1. The van der Waals surface area contributed by atoms with Gasteiger partial charge < -0.3 is 25.8 Å². The second-order valence-electron chi connectivity index (χ2n) is 15.9. The number of aliphatic hydroxyl groups is 1. The third kappa shape index (κ3) is 7.22. The Balaban J connectivity index is 1.43. The number of hydroxylamine groups is 2. The Labute approximate surface area is 283 Å². The van der Waals surface area contributed by atoms with Gasteiger partial charge in [0.05, 0.1) is 25.9 Å². The first kappa shape index (κ1) is 35.7. The Hall–Kier alpha value is -2.65. The van der Waals surface area contributed by atoms with E-state index in [1.54, 1.807) is 19.1 Å². The van der Waals surface area contributed by atoms with Crippen molar-refractivity contribution in [3.63, 3.8) is 0 Å². The highest BCUT2D eigenvalue weighted by Crippen LogP contribution is 2.61. The number of aliphatic hydroxyl groups excluding tert-OH is 1. The minimum atomic E-state index is -0.767. The van der Waals surface area contributed by atoms with Crippen LogP contribution in [0.2, 0.25) is 0 Å². The molecular formula is C39H60N4O4. The number of nitrogens with zero attached hydrogens (tertiary/aromatic N) is 2. The van der Waals surface area contributed by atoms with E-state index < -0.39 is 24.2 Å². The average Bonchev–Trinajstić information content (AvgIpc) is 3.40. The lowest BCUT2D eigenvalue weighted by Gasteiger charge is -2.62. The van der Waals surface area contributed by atoms with Crippen LogP contribution in [0.25, 0.3) is 11.1 Å². The molecule has 47 heavy (non-hydrogen) atoms. The molecule has 1 amide bonds. The first-order valence-electron chi connectivity index (χ1n) is 17.9. The molecule has 6 rings (SSSR count). The second-order valence-corrected chi connectivity index (χ2v) is 15.9. The van der Waals surface area contributed by atoms with E-state index in [1.807, 2.05) is 12.1 Å². The van der Waals surface area contributed by atoms with E-state index in [0.29, 0.717) is 35.6 Å². The molecule has 0 radical (unpaired) electrons. The van der Waals surface area contributed by atoms with Gasteiger partial charge in [0.25, 0.3) is 0 Å². The van der Waals surface area contributed by atoms with E-state index in [0.717, 1.165) is 47.4 Å². The molecule has 0 unspecified atom stereocenters. The molecule has 3 aliphatic carbocycles. The number of ether oxygens (including phenoxy) is 1. The quantitative estimate of drug-likeness (QED) is 0.244. The number of carbonyl (C=O) groups is 1. The van der Waals surface area contributed by atoms with Gasteiger partial charge in [-0.2, -0.15) is 5.06 Å². The minimum absolute atomic E-state index is 0.0948. The molecule has 4 N–H and O–H groups in total. The zero-order chi connectivity index (χ0) is 34.2. The Morgan fingerprint density at radius 3 is 2.53 bits per heavy atom. The van der Waals surface area contributed by atoms with Gasteiger partial charge >= 0.3 is 0 Å². The molecule has 2 bridgehead atoms. The van der Waals surface area contributed by atoms with Gasteiger partial charge in [0.1, 0.15) is 11.8 Å². The summed E-state index contributed by atoms with van der Waals surface area (Å²) in [6.07, 6.45) is 4.36. The molecule has 2 aromatic carbocycles. The number of aryl methyl sites for hydroxylation is 1. The molecule has 4 fully saturated rings. The highest BCUT2D eigenvalue weighted by molar-refractivity contribution is 5.83. The molecule has 1 aliphatic heterocycles. The number of methoxy groups -OCH3 is 1. The number of carbonyl (C=O) groups excluding carboxylic acids is 1. The summed E-state index contributed by atoms with van der Waals surface area (Å²) in [5, 5.41) is 16.1. The van der Waals surface area contributed by atoms with Gasteiger partial charge in [0.2, 0.25) is 5.91 Å². The number of nitrogens with one attached hydrogen (secondary N) is 1. The van der Waals surface area contributed by atoms with E-state index in [9.17, 15) is 9.90 Å². The van der Waals surface area contributed by atoms with Crippen LogP contribution in [0.1, 0.15) is 78.4 Å². The summed E-state index contributed by atoms with van der Waals surface area (Å²) in [6.45, 7) is 13.8. The highest BCUT2D eigenvalue weighted by atomic mass is 16.7. The van der Waals surface area contributed by atoms with Crippen LogP contribution in [-0.4, -0.2) is 68.1 Å². The third-order valence-electron chi connectivity index (χ3n) is 11.8. The fraction of sp³-hybridized carbons (Fsp3) is 0.667. The predicted molar refractivity (Wildman–Crippen MR) is 190 cm³/mol. The number of anilines is 1. The van der Waals surface area contributed by atoms with E-state index in [1.165, 1.54) is 18.4 Å². The van der Waals surface area contributed by atoms with Gasteiger partial charge in [-0.15, -0.1) is 0 Å². The molecule has 1 heterocycles. The number of fused-ring (bicyclic) bond motifs is 2. The molecule has 8 nitrogen and oxygen atoms in total. The summed E-state index contributed by atoms with van der Waals surface area (Å²) in [5.74, 6) is 2.52. The number of nitrogens with two attached hydrogens (primary N) is 1. The van der Waals surface area contributed by atoms with Crippen molar-refractivity contribution in [3.05, 3.63) is 47.5 Å². The lowest BCUT2D eigenvalue weighted by molar-refractivity contribution is -0.175. The number of rotatable bonds is 13. The second kappa shape index (κ2) is 14.5. The van der Waals surface area contributed by atoms with Crippen molar-refractivity contribution in [1.82, 2.24) is 10.4 Å². The molecular weight excluding hydrogens is 588 g/mol. The molecule has 260 valence electrons. The van der Waals surface area contributed by atoms with E-state index in [2.05, 4.69) is 83.2 Å². The van der Waals surface area contributed by atoms with Gasteiger partial charge in [-0.3, -0.25) is 9.63 Å². The van der Waals surface area contributed by atoms with Crippen LogP contribution in [0, 0.1) is 35.0 Å². The summed E-state index contributed by atoms with van der Waals surface area (Å²) < 4.78 is 6.12. The Bertz CT molecular complexity index is 1390. The van der Waals surface area contributed by atoms with Crippen LogP contribution in [0.15, 0.2) is 36.4 Å². The molecule has 4 aliphatic rings. The molecule has 8 atom stereocenters. The largest absolute Gasteiger partial charge is 0.496 e. The fourth-order valence-corrected chi connectivity index (χ4v) is 8.82. The number of hydrogen-bond acceptors (Lipinski definition) is 7. The monoisotopic (exact) mass is 648 g/mol. The average molecular weight is 649 g/mol. The normalized spacial score (nSPS) is 29.0. The van der Waals surface area contributed by atoms with Crippen LogP contribution in [0.3, 0.4) is 0 Å². The van der Waals surface area contributed by atoms with Crippen molar-refractivity contribution in [1.29, 1.82) is 0 Å². The number of benzene rings is 2. The Morgan fingerprint density at radius 1 is 1.19 bits per heavy atom. The zero-order valence-electron chi connectivity index (χ0n) is 30.3. The van der Waals surface area contributed by atoms with Crippen molar-refractivity contribution in [2.75, 3.05) is 32.6 Å². The Kier molecular flexibility index (Phi) is 11.0. The van der Waals surface area contributed by atoms with Crippen LogP contribution in [0.4, 0.5) is 5.69 Å². The smallest absolute Gasteiger partial charge is 0.240 e. The molecule has 0 aromatic heterocycles. The van der Waals surface area contributed by atoms with Crippen molar-refractivity contribution < 1.29 is 19.5 Å². The maximum Gasteiger partial charge on any atom is 0.240 e.